The largest absolute Gasteiger partial charge is 0.334 e. The number of amides is 2. The van der Waals surface area contributed by atoms with Crippen molar-refractivity contribution in [3.63, 3.8) is 0 Å². The molecule has 0 aliphatic carbocycles. The Morgan fingerprint density at radius 2 is 2.17 bits per heavy atom. The van der Waals surface area contributed by atoms with E-state index < -0.39 is 0 Å². The molecule has 3 rings (SSSR count). The zero-order chi connectivity index (χ0) is 16.8. The van der Waals surface area contributed by atoms with Crippen LogP contribution in [0.25, 0.3) is 0 Å². The van der Waals surface area contributed by atoms with E-state index in [1.165, 1.54) is 17.7 Å². The van der Waals surface area contributed by atoms with E-state index in [0.29, 0.717) is 13.1 Å². The molecule has 2 N–H and O–H groups in total. The van der Waals surface area contributed by atoms with E-state index in [4.69, 9.17) is 0 Å². The maximum atomic E-state index is 12.1. The van der Waals surface area contributed by atoms with Gasteiger partial charge in [-0.3, -0.25) is 0 Å². The van der Waals surface area contributed by atoms with Crippen molar-refractivity contribution in [1.29, 1.82) is 0 Å². The topological polar surface area (TPSA) is 84.7 Å². The van der Waals surface area contributed by atoms with Crippen LogP contribution in [0, 0.1) is 0 Å². The summed E-state index contributed by atoms with van der Waals surface area (Å²) in [6.45, 7) is 2.98. The molecule has 1 unspecified atom stereocenters. The molecule has 24 heavy (non-hydrogen) atoms. The highest BCUT2D eigenvalue weighted by atomic mass is 32.1. The van der Waals surface area contributed by atoms with Crippen molar-refractivity contribution in [3.8, 4) is 0 Å². The van der Waals surface area contributed by atoms with Crippen molar-refractivity contribution < 1.29 is 4.79 Å². The van der Waals surface area contributed by atoms with Gasteiger partial charge in [0, 0.05) is 18.1 Å². The summed E-state index contributed by atoms with van der Waals surface area (Å²) in [6, 6.07) is 7.62. The van der Waals surface area contributed by atoms with E-state index in [0.717, 1.165) is 16.1 Å². The average Bonchev–Trinajstić information content (AvgIpc) is 3.27. The summed E-state index contributed by atoms with van der Waals surface area (Å²) in [5.41, 5.74) is 2.14. The molecule has 0 saturated heterocycles. The number of nitrogens with zero attached hydrogens (tertiary/aromatic N) is 4. The zero-order valence-corrected chi connectivity index (χ0v) is 14.0. The van der Waals surface area contributed by atoms with E-state index in [2.05, 4.69) is 25.7 Å². The quantitative estimate of drug-likeness (QED) is 0.720. The minimum Gasteiger partial charge on any atom is -0.334 e. The molecule has 0 fully saturated rings. The maximum Gasteiger partial charge on any atom is 0.315 e. The fourth-order valence-electron chi connectivity index (χ4n) is 2.31. The van der Waals surface area contributed by atoms with Crippen LogP contribution in [0.4, 0.5) is 4.79 Å². The van der Waals surface area contributed by atoms with Gasteiger partial charge in [-0.25, -0.2) is 19.4 Å². The van der Waals surface area contributed by atoms with Gasteiger partial charge in [-0.15, -0.1) is 11.3 Å². The Morgan fingerprint density at radius 3 is 2.88 bits per heavy atom. The Morgan fingerprint density at radius 1 is 1.33 bits per heavy atom. The van der Waals surface area contributed by atoms with Crippen LogP contribution in [0.1, 0.15) is 29.1 Å². The van der Waals surface area contributed by atoms with E-state index in [-0.39, 0.29) is 12.1 Å². The number of hydrogen-bond acceptors (Lipinski definition) is 5. The van der Waals surface area contributed by atoms with Crippen LogP contribution >= 0.6 is 11.3 Å². The molecule has 2 heterocycles. The molecule has 3 aromatic rings. The number of nitrogens with one attached hydrogen (secondary N) is 2. The molecular weight excluding hydrogens is 324 g/mol. The normalized spacial score (nSPS) is 11.9. The zero-order valence-electron chi connectivity index (χ0n) is 13.2. The molecule has 0 saturated carbocycles. The summed E-state index contributed by atoms with van der Waals surface area (Å²) in [6.07, 6.45) is 4.91. The molecule has 0 aliphatic heterocycles. The number of hydrogen-bond donors (Lipinski definition) is 2. The monoisotopic (exact) mass is 342 g/mol. The lowest BCUT2D eigenvalue weighted by atomic mass is 10.1. The third-order valence-corrected chi connectivity index (χ3v) is 4.48. The van der Waals surface area contributed by atoms with Gasteiger partial charge in [0.15, 0.2) is 0 Å². The van der Waals surface area contributed by atoms with Crippen LogP contribution in [0.5, 0.6) is 0 Å². The first-order valence-electron chi connectivity index (χ1n) is 7.55. The summed E-state index contributed by atoms with van der Waals surface area (Å²) in [5.74, 6) is 0. The average molecular weight is 342 g/mol. The van der Waals surface area contributed by atoms with Gasteiger partial charge >= 0.3 is 6.03 Å². The Bertz CT molecular complexity index is 772. The number of aromatic nitrogens is 4. The molecule has 0 bridgehead atoms. The first-order valence-corrected chi connectivity index (χ1v) is 8.43. The summed E-state index contributed by atoms with van der Waals surface area (Å²) in [7, 11) is 0. The van der Waals surface area contributed by atoms with Crippen LogP contribution < -0.4 is 10.6 Å². The van der Waals surface area contributed by atoms with Crippen LogP contribution in [0.2, 0.25) is 0 Å². The van der Waals surface area contributed by atoms with Crippen molar-refractivity contribution in [1.82, 2.24) is 30.4 Å². The first kappa shape index (κ1) is 16.1. The predicted octanol–water partition coefficient (Wildman–Crippen LogP) is 2.34. The van der Waals surface area contributed by atoms with E-state index in [1.54, 1.807) is 17.2 Å². The summed E-state index contributed by atoms with van der Waals surface area (Å²) in [5, 5.41) is 12.7. The van der Waals surface area contributed by atoms with Gasteiger partial charge in [-0.1, -0.05) is 24.3 Å². The highest BCUT2D eigenvalue weighted by molar-refractivity contribution is 7.09. The lowest BCUT2D eigenvalue weighted by molar-refractivity contribution is 0.237. The molecule has 2 aromatic heterocycles. The van der Waals surface area contributed by atoms with Gasteiger partial charge in [0.2, 0.25) is 0 Å². The van der Waals surface area contributed by atoms with Crippen LogP contribution in [-0.4, -0.2) is 25.8 Å². The molecular formula is C16H18N6OS. The third-order valence-electron chi connectivity index (χ3n) is 3.53. The van der Waals surface area contributed by atoms with E-state index >= 15 is 0 Å². The molecule has 124 valence electrons. The number of urea groups is 1. The predicted molar refractivity (Wildman–Crippen MR) is 91.5 cm³/mol. The van der Waals surface area contributed by atoms with Gasteiger partial charge in [0.1, 0.15) is 17.7 Å². The molecule has 1 atom stereocenters. The Labute approximate surface area is 143 Å². The number of carbonyl (C=O) groups is 1. The van der Waals surface area contributed by atoms with Crippen LogP contribution in [0.3, 0.4) is 0 Å². The highest BCUT2D eigenvalue weighted by Gasteiger charge is 2.12. The van der Waals surface area contributed by atoms with Gasteiger partial charge in [-0.05, 0) is 18.1 Å². The smallest absolute Gasteiger partial charge is 0.315 e. The molecule has 0 spiro atoms. The highest BCUT2D eigenvalue weighted by Crippen LogP contribution is 2.14. The van der Waals surface area contributed by atoms with Crippen LogP contribution in [-0.2, 0) is 13.1 Å². The minimum absolute atomic E-state index is 0.115. The van der Waals surface area contributed by atoms with Gasteiger partial charge in [-0.2, -0.15) is 5.10 Å². The molecule has 0 radical (unpaired) electrons. The van der Waals surface area contributed by atoms with Gasteiger partial charge < -0.3 is 10.6 Å². The fraction of sp³-hybridized carbons (Fsp3) is 0.250. The molecule has 0 aliphatic rings. The number of thiazole rings is 1. The van der Waals surface area contributed by atoms with Gasteiger partial charge in [0.25, 0.3) is 0 Å². The summed E-state index contributed by atoms with van der Waals surface area (Å²) >= 11 is 1.52. The second-order valence-corrected chi connectivity index (χ2v) is 6.21. The number of rotatable bonds is 6. The Kier molecular flexibility index (Phi) is 5.17. The second-order valence-electron chi connectivity index (χ2n) is 5.28. The van der Waals surface area contributed by atoms with Crippen molar-refractivity contribution in [3.05, 3.63) is 64.6 Å². The van der Waals surface area contributed by atoms with Crippen molar-refractivity contribution in [2.75, 3.05) is 0 Å². The summed E-state index contributed by atoms with van der Waals surface area (Å²) < 4.78 is 1.75. The molecule has 8 heteroatoms. The van der Waals surface area contributed by atoms with Crippen LogP contribution in [0.15, 0.2) is 48.5 Å². The summed E-state index contributed by atoms with van der Waals surface area (Å²) in [4.78, 5) is 20.2. The standard InChI is InChI=1S/C16H18N6OS/c1-12(15-18-6-7-24-15)21-16(23)19-8-13-4-2-3-5-14(13)9-22-11-17-10-20-22/h2-7,10-12H,8-9H2,1H3,(H2,19,21,23). The number of carbonyl (C=O) groups excluding carboxylic acids is 1. The Balaban J connectivity index is 1.57. The van der Waals surface area contributed by atoms with E-state index in [9.17, 15) is 4.79 Å². The lowest BCUT2D eigenvalue weighted by Gasteiger charge is -2.14. The van der Waals surface area contributed by atoms with Crippen molar-refractivity contribution >= 4 is 17.4 Å². The lowest BCUT2D eigenvalue weighted by Crippen LogP contribution is -2.36. The van der Waals surface area contributed by atoms with Crippen molar-refractivity contribution in [2.45, 2.75) is 26.1 Å². The fourth-order valence-corrected chi connectivity index (χ4v) is 2.95. The Hall–Kier alpha value is -2.74. The minimum atomic E-state index is -0.215. The first-order chi connectivity index (χ1) is 11.7. The van der Waals surface area contributed by atoms with E-state index in [1.807, 2.05) is 36.6 Å². The molecule has 2 amide bonds. The molecule has 7 nitrogen and oxygen atoms in total. The maximum absolute atomic E-state index is 12.1. The molecule has 1 aromatic carbocycles. The third kappa shape index (κ3) is 4.17. The van der Waals surface area contributed by atoms with Gasteiger partial charge in [0.05, 0.1) is 12.6 Å². The number of benzene rings is 1. The SMILES string of the molecule is CC(NC(=O)NCc1ccccc1Cn1cncn1)c1nccs1. The van der Waals surface area contributed by atoms with Crippen molar-refractivity contribution in [2.24, 2.45) is 0 Å². The second kappa shape index (κ2) is 7.69.